The first-order valence-electron chi connectivity index (χ1n) is 10.7. The van der Waals surface area contributed by atoms with Crippen molar-refractivity contribution in [3.05, 3.63) is 59.2 Å². The second kappa shape index (κ2) is 9.30. The number of carbonyl (C=O) groups is 3. The average Bonchev–Trinajstić information content (AvgIpc) is 3.31. The van der Waals surface area contributed by atoms with Crippen LogP contribution in [-0.2, 0) is 22.4 Å². The van der Waals surface area contributed by atoms with Crippen LogP contribution in [0.15, 0.2) is 42.5 Å². The van der Waals surface area contributed by atoms with Crippen molar-refractivity contribution >= 4 is 17.8 Å². The molecule has 1 heterocycles. The molecule has 2 aliphatic rings. The maximum atomic E-state index is 12.7. The van der Waals surface area contributed by atoms with E-state index in [1.165, 1.54) is 4.90 Å². The number of urea groups is 1. The highest BCUT2D eigenvalue weighted by Crippen LogP contribution is 2.39. The molecule has 4 rings (SSSR count). The van der Waals surface area contributed by atoms with Gasteiger partial charge in [0, 0.05) is 6.54 Å². The smallest absolute Gasteiger partial charge is 0.324 e. The highest BCUT2D eigenvalue weighted by Gasteiger charge is 2.39. The van der Waals surface area contributed by atoms with Gasteiger partial charge < -0.3 is 20.1 Å². The van der Waals surface area contributed by atoms with Gasteiger partial charge in [-0.25, -0.2) is 4.79 Å². The van der Waals surface area contributed by atoms with Crippen molar-refractivity contribution in [2.24, 2.45) is 0 Å². The molecule has 2 aromatic carbocycles. The molecule has 2 aromatic rings. The van der Waals surface area contributed by atoms with E-state index in [1.54, 1.807) is 14.2 Å². The van der Waals surface area contributed by atoms with Crippen molar-refractivity contribution in [2.75, 3.05) is 20.8 Å². The van der Waals surface area contributed by atoms with Gasteiger partial charge in [-0.15, -0.1) is 0 Å². The Morgan fingerprint density at radius 3 is 2.56 bits per heavy atom. The van der Waals surface area contributed by atoms with E-state index in [0.29, 0.717) is 17.9 Å². The van der Waals surface area contributed by atoms with Gasteiger partial charge >= 0.3 is 6.03 Å². The monoisotopic (exact) mass is 437 g/mol. The fourth-order valence-electron chi connectivity index (χ4n) is 4.33. The summed E-state index contributed by atoms with van der Waals surface area (Å²) in [6.07, 6.45) is 2.05. The van der Waals surface area contributed by atoms with Crippen molar-refractivity contribution in [1.29, 1.82) is 0 Å². The maximum Gasteiger partial charge on any atom is 0.324 e. The minimum absolute atomic E-state index is 0.0917. The Balaban J connectivity index is 1.35. The van der Waals surface area contributed by atoms with Crippen LogP contribution in [0.5, 0.6) is 11.5 Å². The Bertz CT molecular complexity index is 1020. The van der Waals surface area contributed by atoms with Crippen molar-refractivity contribution in [1.82, 2.24) is 15.5 Å². The predicted molar refractivity (Wildman–Crippen MR) is 118 cm³/mol. The molecule has 2 N–H and O–H groups in total. The van der Waals surface area contributed by atoms with Gasteiger partial charge in [0.05, 0.1) is 26.7 Å². The minimum atomic E-state index is -0.843. The number of hydrogen-bond donors (Lipinski definition) is 2. The van der Waals surface area contributed by atoms with Crippen molar-refractivity contribution in [3.8, 4) is 11.5 Å². The lowest BCUT2D eigenvalue weighted by molar-refractivity contribution is -0.131. The van der Waals surface area contributed by atoms with Crippen LogP contribution in [0.1, 0.15) is 35.6 Å². The number of nitrogens with one attached hydrogen (secondary N) is 2. The summed E-state index contributed by atoms with van der Waals surface area (Å²) in [5, 5.41) is 5.64. The molecule has 2 atom stereocenters. The number of ether oxygens (including phenoxy) is 2. The van der Waals surface area contributed by atoms with Gasteiger partial charge in [-0.2, -0.15) is 0 Å². The minimum Gasteiger partial charge on any atom is -0.493 e. The quantitative estimate of drug-likeness (QED) is 0.618. The van der Waals surface area contributed by atoms with E-state index in [4.69, 9.17) is 9.47 Å². The van der Waals surface area contributed by atoms with Gasteiger partial charge in [0.2, 0.25) is 5.91 Å². The van der Waals surface area contributed by atoms with Crippen LogP contribution in [0.25, 0.3) is 0 Å². The normalized spacial score (nSPS) is 19.5. The maximum absolute atomic E-state index is 12.7. The third-order valence-corrected chi connectivity index (χ3v) is 6.02. The predicted octanol–water partition coefficient (Wildman–Crippen LogP) is 2.36. The second-order valence-electron chi connectivity index (χ2n) is 8.00. The Morgan fingerprint density at radius 2 is 1.84 bits per heavy atom. The van der Waals surface area contributed by atoms with Crippen LogP contribution in [-0.4, -0.2) is 49.6 Å². The Kier molecular flexibility index (Phi) is 6.30. The van der Waals surface area contributed by atoms with E-state index >= 15 is 0 Å². The average molecular weight is 437 g/mol. The first-order valence-corrected chi connectivity index (χ1v) is 10.7. The summed E-state index contributed by atoms with van der Waals surface area (Å²) >= 11 is 0. The van der Waals surface area contributed by atoms with Gasteiger partial charge in [-0.05, 0) is 48.1 Å². The van der Waals surface area contributed by atoms with E-state index in [-0.39, 0.29) is 30.8 Å². The van der Waals surface area contributed by atoms with Crippen LogP contribution < -0.4 is 20.1 Å². The zero-order valence-corrected chi connectivity index (χ0v) is 18.2. The van der Waals surface area contributed by atoms with Gasteiger partial charge in [0.1, 0.15) is 6.04 Å². The number of aryl methyl sites for hydroxylation is 1. The Morgan fingerprint density at radius 1 is 1.12 bits per heavy atom. The Hall–Kier alpha value is -3.55. The molecule has 1 saturated heterocycles. The molecular formula is C24H27N3O5. The molecule has 0 aromatic heterocycles. The number of methoxy groups -OCH3 is 2. The molecule has 0 spiro atoms. The molecule has 1 aliphatic heterocycles. The van der Waals surface area contributed by atoms with E-state index in [9.17, 15) is 14.4 Å². The van der Waals surface area contributed by atoms with Gasteiger partial charge in [0.25, 0.3) is 5.91 Å². The molecule has 1 fully saturated rings. The molecule has 4 amide bonds. The van der Waals surface area contributed by atoms with Crippen LogP contribution in [0.2, 0.25) is 0 Å². The zero-order chi connectivity index (χ0) is 22.7. The fraction of sp³-hybridized carbons (Fsp3) is 0.375. The van der Waals surface area contributed by atoms with E-state index in [1.807, 2.05) is 42.5 Å². The number of carbonyl (C=O) groups excluding carboxylic acids is 3. The summed E-state index contributed by atoms with van der Waals surface area (Å²) in [5.74, 6) is 0.633. The van der Waals surface area contributed by atoms with Gasteiger partial charge in [-0.3, -0.25) is 14.5 Å². The summed E-state index contributed by atoms with van der Waals surface area (Å²) < 4.78 is 10.7. The van der Waals surface area contributed by atoms with E-state index < -0.39 is 12.1 Å². The lowest BCUT2D eigenvalue weighted by Gasteiger charge is -2.17. The van der Waals surface area contributed by atoms with Gasteiger partial charge in [0.15, 0.2) is 11.5 Å². The molecule has 8 heteroatoms. The molecule has 0 bridgehead atoms. The second-order valence-corrected chi connectivity index (χ2v) is 8.00. The van der Waals surface area contributed by atoms with Crippen LogP contribution in [0.4, 0.5) is 4.79 Å². The fourth-order valence-corrected chi connectivity index (χ4v) is 4.33. The number of rotatable bonds is 8. The molecule has 0 radical (unpaired) electrons. The number of imide groups is 1. The molecule has 0 saturated carbocycles. The third kappa shape index (κ3) is 4.39. The summed E-state index contributed by atoms with van der Waals surface area (Å²) in [4.78, 5) is 38.8. The summed E-state index contributed by atoms with van der Waals surface area (Å²) in [7, 11) is 3.17. The lowest BCUT2D eigenvalue weighted by Crippen LogP contribution is -2.37. The summed E-state index contributed by atoms with van der Waals surface area (Å²) in [5.41, 5.74) is 3.13. The van der Waals surface area contributed by atoms with Crippen LogP contribution in [0.3, 0.4) is 0 Å². The molecule has 32 heavy (non-hydrogen) atoms. The Labute approximate surface area is 186 Å². The molecule has 2 unspecified atom stereocenters. The van der Waals surface area contributed by atoms with Crippen molar-refractivity contribution < 1.29 is 23.9 Å². The molecule has 1 aliphatic carbocycles. The standard InChI is InChI=1S/C24H27N3O5/c1-31-20-12-16-8-9-18(17(16)13-21(20)32-2)25-22(28)14-19-23(29)27(24(30)26-19)11-10-15-6-4-3-5-7-15/h3-7,12-13,18-19H,8-11,14H2,1-2H3,(H,25,28)(H,26,30). The highest BCUT2D eigenvalue weighted by atomic mass is 16.5. The molecular weight excluding hydrogens is 410 g/mol. The number of benzene rings is 2. The molecule has 8 nitrogen and oxygen atoms in total. The zero-order valence-electron chi connectivity index (χ0n) is 18.2. The van der Waals surface area contributed by atoms with Crippen molar-refractivity contribution in [3.63, 3.8) is 0 Å². The number of nitrogens with zero attached hydrogens (tertiary/aromatic N) is 1. The van der Waals surface area contributed by atoms with Crippen molar-refractivity contribution in [2.45, 2.75) is 37.8 Å². The number of hydrogen-bond acceptors (Lipinski definition) is 5. The summed E-state index contributed by atoms with van der Waals surface area (Å²) in [6, 6.07) is 12.0. The van der Waals surface area contributed by atoms with E-state index in [2.05, 4.69) is 10.6 Å². The van der Waals surface area contributed by atoms with Gasteiger partial charge in [-0.1, -0.05) is 30.3 Å². The third-order valence-electron chi connectivity index (χ3n) is 6.02. The molecule has 168 valence electrons. The largest absolute Gasteiger partial charge is 0.493 e. The first kappa shape index (κ1) is 21.7. The topological polar surface area (TPSA) is 97.0 Å². The summed E-state index contributed by atoms with van der Waals surface area (Å²) in [6.45, 7) is 0.282. The van der Waals surface area contributed by atoms with E-state index in [0.717, 1.165) is 29.5 Å². The van der Waals surface area contributed by atoms with Crippen LogP contribution in [0, 0.1) is 0 Å². The highest BCUT2D eigenvalue weighted by molar-refractivity contribution is 6.05. The first-order chi connectivity index (χ1) is 15.5. The SMILES string of the molecule is COc1cc2c(cc1OC)C(NC(=O)CC1NC(=O)N(CCc3ccccc3)C1=O)CC2. The van der Waals surface area contributed by atoms with Crippen LogP contribution >= 0.6 is 0 Å². The number of amides is 4. The lowest BCUT2D eigenvalue weighted by atomic mass is 10.1. The number of fused-ring (bicyclic) bond motifs is 1.